The second-order valence-electron chi connectivity index (χ2n) is 6.05. The predicted octanol–water partition coefficient (Wildman–Crippen LogP) is 3.21. The number of hydrogen-bond acceptors (Lipinski definition) is 5. The van der Waals surface area contributed by atoms with Crippen LogP contribution >= 0.6 is 0 Å². The highest BCUT2D eigenvalue weighted by molar-refractivity contribution is 5.84. The minimum atomic E-state index is 0.161. The summed E-state index contributed by atoms with van der Waals surface area (Å²) in [5.74, 6) is 1.79. The van der Waals surface area contributed by atoms with Crippen LogP contribution in [0.2, 0.25) is 0 Å². The maximum Gasteiger partial charge on any atom is 0.159 e. The van der Waals surface area contributed by atoms with Crippen LogP contribution in [-0.2, 0) is 6.42 Å². The summed E-state index contributed by atoms with van der Waals surface area (Å²) in [5.41, 5.74) is 3.33. The molecular weight excluding hydrogens is 310 g/mol. The van der Waals surface area contributed by atoms with Gasteiger partial charge in [-0.05, 0) is 18.1 Å². The summed E-state index contributed by atoms with van der Waals surface area (Å²) in [6.07, 6.45) is 9.33. The van der Waals surface area contributed by atoms with Gasteiger partial charge in [-0.15, -0.1) is 0 Å². The molecule has 1 N–H and O–H groups in total. The summed E-state index contributed by atoms with van der Waals surface area (Å²) in [7, 11) is 0. The number of amidine groups is 1. The Labute approximate surface area is 146 Å². The molecule has 4 rings (SSSR count). The molecule has 1 atom stereocenters. The van der Waals surface area contributed by atoms with Gasteiger partial charge in [0.25, 0.3) is 0 Å². The van der Waals surface area contributed by atoms with Crippen LogP contribution in [0.3, 0.4) is 0 Å². The summed E-state index contributed by atoms with van der Waals surface area (Å²) < 4.78 is 0. The van der Waals surface area contributed by atoms with Crippen molar-refractivity contribution >= 4 is 5.84 Å². The van der Waals surface area contributed by atoms with E-state index in [1.165, 1.54) is 5.56 Å². The third-order valence-electron chi connectivity index (χ3n) is 4.29. The summed E-state index contributed by atoms with van der Waals surface area (Å²) in [4.78, 5) is 17.8. The van der Waals surface area contributed by atoms with Crippen molar-refractivity contribution in [2.24, 2.45) is 4.99 Å². The van der Waals surface area contributed by atoms with E-state index in [9.17, 15) is 0 Å². The number of aliphatic imine (C=N–C) groups is 1. The van der Waals surface area contributed by atoms with E-state index in [2.05, 4.69) is 31.3 Å². The van der Waals surface area contributed by atoms with Gasteiger partial charge in [-0.2, -0.15) is 0 Å². The summed E-state index contributed by atoms with van der Waals surface area (Å²) in [6, 6.07) is 14.2. The van der Waals surface area contributed by atoms with Crippen molar-refractivity contribution in [2.45, 2.75) is 18.9 Å². The lowest BCUT2D eigenvalue weighted by Gasteiger charge is -2.12. The van der Waals surface area contributed by atoms with Crippen molar-refractivity contribution in [1.29, 1.82) is 0 Å². The van der Waals surface area contributed by atoms with Crippen LogP contribution in [0.15, 0.2) is 72.2 Å². The fraction of sp³-hybridized carbons (Fsp3) is 0.200. The molecule has 2 aromatic heterocycles. The minimum absolute atomic E-state index is 0.161. The highest BCUT2D eigenvalue weighted by Crippen LogP contribution is 2.19. The first kappa shape index (κ1) is 15.4. The monoisotopic (exact) mass is 329 g/mol. The second-order valence-corrected chi connectivity index (χ2v) is 6.05. The fourth-order valence-corrected chi connectivity index (χ4v) is 2.90. The largest absolute Gasteiger partial charge is 0.365 e. The molecule has 25 heavy (non-hydrogen) atoms. The number of nitrogens with one attached hydrogen (secondary N) is 1. The molecule has 3 heterocycles. The van der Waals surface area contributed by atoms with Crippen molar-refractivity contribution < 1.29 is 0 Å². The van der Waals surface area contributed by atoms with Gasteiger partial charge in [-0.1, -0.05) is 36.4 Å². The van der Waals surface area contributed by atoms with E-state index in [4.69, 9.17) is 0 Å². The topological polar surface area (TPSA) is 63.1 Å². The Kier molecular flexibility index (Phi) is 4.46. The van der Waals surface area contributed by atoms with Crippen molar-refractivity contribution in [1.82, 2.24) is 20.3 Å². The maximum absolute atomic E-state index is 4.62. The Bertz CT molecular complexity index is 844. The molecule has 0 aliphatic carbocycles. The number of aromatic nitrogens is 3. The molecular formula is C20H19N5. The quantitative estimate of drug-likeness (QED) is 0.781. The Hall–Kier alpha value is -3.08. The Balaban J connectivity index is 1.36. The van der Waals surface area contributed by atoms with Gasteiger partial charge >= 0.3 is 0 Å². The first-order valence-electron chi connectivity index (χ1n) is 8.44. The number of nitrogens with zero attached hydrogens (tertiary/aromatic N) is 4. The minimum Gasteiger partial charge on any atom is -0.365 e. The smallest absolute Gasteiger partial charge is 0.159 e. The number of pyridine rings is 1. The fourth-order valence-electron chi connectivity index (χ4n) is 2.90. The van der Waals surface area contributed by atoms with Gasteiger partial charge in [0, 0.05) is 42.3 Å². The predicted molar refractivity (Wildman–Crippen MR) is 98.2 cm³/mol. The van der Waals surface area contributed by atoms with Crippen LogP contribution in [0.1, 0.15) is 23.6 Å². The zero-order valence-electron chi connectivity index (χ0n) is 13.8. The van der Waals surface area contributed by atoms with E-state index in [1.807, 2.05) is 55.0 Å². The van der Waals surface area contributed by atoms with Gasteiger partial charge in [0.05, 0.1) is 18.4 Å². The highest BCUT2D eigenvalue weighted by Gasteiger charge is 2.19. The zero-order chi connectivity index (χ0) is 16.9. The molecule has 1 aromatic carbocycles. The van der Waals surface area contributed by atoms with Crippen LogP contribution < -0.4 is 5.32 Å². The summed E-state index contributed by atoms with van der Waals surface area (Å²) >= 11 is 0. The average molecular weight is 329 g/mol. The van der Waals surface area contributed by atoms with Gasteiger partial charge in [-0.25, -0.2) is 9.97 Å². The standard InChI is InChI=1S/C20H19N5/c1-2-6-16(7-3-1)20-23-12-17(13-24-20)18-14-22-19(25-18)9-8-15-5-4-10-21-11-15/h1-7,10-13,18H,8-9,14H2,(H,22,25). The maximum atomic E-state index is 4.62. The summed E-state index contributed by atoms with van der Waals surface area (Å²) in [6.45, 7) is 0.733. The number of benzene rings is 1. The van der Waals surface area contributed by atoms with Gasteiger partial charge in [0.15, 0.2) is 5.82 Å². The summed E-state index contributed by atoms with van der Waals surface area (Å²) in [5, 5.41) is 3.49. The highest BCUT2D eigenvalue weighted by atomic mass is 15.1. The van der Waals surface area contributed by atoms with E-state index >= 15 is 0 Å². The first-order valence-corrected chi connectivity index (χ1v) is 8.44. The zero-order valence-corrected chi connectivity index (χ0v) is 13.8. The number of rotatable bonds is 5. The lowest BCUT2D eigenvalue weighted by Crippen LogP contribution is -2.23. The van der Waals surface area contributed by atoms with Crippen LogP contribution in [0, 0.1) is 0 Å². The molecule has 1 aliphatic rings. The SMILES string of the molecule is c1ccc(-c2ncc(C3CN=C(CCc4cccnc4)N3)cn2)cc1. The molecule has 5 heteroatoms. The molecule has 1 aliphatic heterocycles. The molecule has 0 spiro atoms. The van der Waals surface area contributed by atoms with E-state index in [0.717, 1.165) is 42.2 Å². The van der Waals surface area contributed by atoms with Gasteiger partial charge < -0.3 is 5.32 Å². The first-order chi connectivity index (χ1) is 12.4. The normalized spacial score (nSPS) is 16.3. The van der Waals surface area contributed by atoms with E-state index in [-0.39, 0.29) is 6.04 Å². The molecule has 124 valence electrons. The molecule has 0 radical (unpaired) electrons. The lowest BCUT2D eigenvalue weighted by molar-refractivity contribution is 0.696. The third kappa shape index (κ3) is 3.71. The van der Waals surface area contributed by atoms with Gasteiger partial charge in [-0.3, -0.25) is 9.98 Å². The molecule has 3 aromatic rings. The van der Waals surface area contributed by atoms with Crippen LogP contribution in [0.4, 0.5) is 0 Å². The van der Waals surface area contributed by atoms with Crippen molar-refractivity contribution in [3.63, 3.8) is 0 Å². The van der Waals surface area contributed by atoms with Crippen LogP contribution in [-0.4, -0.2) is 27.3 Å². The van der Waals surface area contributed by atoms with Crippen molar-refractivity contribution in [3.8, 4) is 11.4 Å². The molecule has 0 saturated heterocycles. The molecule has 1 unspecified atom stereocenters. The molecule has 0 fully saturated rings. The lowest BCUT2D eigenvalue weighted by atomic mass is 10.1. The van der Waals surface area contributed by atoms with Crippen molar-refractivity contribution in [2.75, 3.05) is 6.54 Å². The van der Waals surface area contributed by atoms with E-state index in [0.29, 0.717) is 0 Å². The van der Waals surface area contributed by atoms with Crippen LogP contribution in [0.5, 0.6) is 0 Å². The Morgan fingerprint density at radius 3 is 2.52 bits per heavy atom. The number of aryl methyl sites for hydroxylation is 1. The van der Waals surface area contributed by atoms with Gasteiger partial charge in [0.2, 0.25) is 0 Å². The third-order valence-corrected chi connectivity index (χ3v) is 4.29. The molecule has 5 nitrogen and oxygen atoms in total. The Morgan fingerprint density at radius 1 is 0.920 bits per heavy atom. The van der Waals surface area contributed by atoms with E-state index in [1.54, 1.807) is 6.20 Å². The molecule has 0 amide bonds. The average Bonchev–Trinajstić information content (AvgIpc) is 3.17. The van der Waals surface area contributed by atoms with Crippen molar-refractivity contribution in [3.05, 3.63) is 78.4 Å². The second kappa shape index (κ2) is 7.21. The molecule has 0 bridgehead atoms. The number of hydrogen-bond donors (Lipinski definition) is 1. The van der Waals surface area contributed by atoms with E-state index < -0.39 is 0 Å². The van der Waals surface area contributed by atoms with Crippen LogP contribution in [0.25, 0.3) is 11.4 Å². The molecule has 0 saturated carbocycles. The van der Waals surface area contributed by atoms with Gasteiger partial charge in [0.1, 0.15) is 0 Å². The Morgan fingerprint density at radius 2 is 1.76 bits per heavy atom.